The molecule has 1 atom stereocenters. The summed E-state index contributed by atoms with van der Waals surface area (Å²) in [5, 5.41) is 3.03. The fourth-order valence-corrected chi connectivity index (χ4v) is 10.8. The summed E-state index contributed by atoms with van der Waals surface area (Å²) in [6.07, 6.45) is -1.60. The molecule has 1 N–H and O–H groups in total. The lowest BCUT2D eigenvalue weighted by atomic mass is 9.93. The Morgan fingerprint density at radius 3 is 2.24 bits per heavy atom. The Hall–Kier alpha value is -6.67. The third-order valence-corrected chi connectivity index (χ3v) is 14.2. The van der Waals surface area contributed by atoms with Crippen LogP contribution in [0, 0.1) is 6.92 Å². The van der Waals surface area contributed by atoms with Gasteiger partial charge in [-0.25, -0.2) is 14.8 Å². The molecule has 3 fully saturated rings. The van der Waals surface area contributed by atoms with Crippen molar-refractivity contribution in [1.29, 1.82) is 0 Å². The number of hydrogen-bond donors (Lipinski definition) is 1. The number of ether oxygens (including phenoxy) is 7. The van der Waals surface area contributed by atoms with E-state index in [-0.39, 0.29) is 84.5 Å². The minimum atomic E-state index is -4.86. The SMILES string of the molecule is COc1ccc(CN(Cc2ccc(OC)cc2)c2cc(C)c(C(F)(F)F)c(-c3cc4nc(OC[C@@]56CCCN5CC5(C6)OCCO5)nc5c4c(c3Cl)OCCN5Cc3cccnc3NC(=O)OC(C)(C)C)n2)cc1. The maximum atomic E-state index is 15.6. The zero-order chi connectivity index (χ0) is 52.0. The fourth-order valence-electron chi connectivity index (χ4n) is 10.5. The van der Waals surface area contributed by atoms with Crippen molar-refractivity contribution in [3.05, 3.63) is 112 Å². The summed E-state index contributed by atoms with van der Waals surface area (Å²) in [5.74, 6) is 1.57. The molecule has 0 radical (unpaired) electrons. The van der Waals surface area contributed by atoms with Gasteiger partial charge >= 0.3 is 18.3 Å². The maximum absolute atomic E-state index is 15.6. The number of halogens is 4. The molecular weight excluding hydrogens is 981 g/mol. The molecule has 16 nitrogen and oxygen atoms in total. The van der Waals surface area contributed by atoms with Crippen LogP contribution in [0.5, 0.6) is 23.3 Å². The third kappa shape index (κ3) is 10.5. The van der Waals surface area contributed by atoms with Crippen LogP contribution in [-0.4, -0.2) is 108 Å². The Bertz CT molecular complexity index is 3000. The number of benzene rings is 3. The predicted molar refractivity (Wildman–Crippen MR) is 272 cm³/mol. The molecule has 7 heterocycles. The van der Waals surface area contributed by atoms with Gasteiger partial charge in [0.25, 0.3) is 0 Å². The van der Waals surface area contributed by atoms with Gasteiger partial charge in [0.2, 0.25) is 0 Å². The van der Waals surface area contributed by atoms with Gasteiger partial charge in [0.15, 0.2) is 11.5 Å². The quantitative estimate of drug-likeness (QED) is 0.110. The molecule has 74 heavy (non-hydrogen) atoms. The van der Waals surface area contributed by atoms with Gasteiger partial charge in [-0.1, -0.05) is 41.9 Å². The van der Waals surface area contributed by atoms with Gasteiger partial charge in [0.1, 0.15) is 47.8 Å². The molecule has 20 heteroatoms. The van der Waals surface area contributed by atoms with Crippen LogP contribution in [0.2, 0.25) is 5.02 Å². The lowest BCUT2D eigenvalue weighted by Gasteiger charge is -2.31. The molecule has 0 unspecified atom stereocenters. The topological polar surface area (TPSA) is 155 Å². The van der Waals surface area contributed by atoms with Crippen molar-refractivity contribution in [1.82, 2.24) is 24.8 Å². The van der Waals surface area contributed by atoms with Crippen LogP contribution in [0.4, 0.5) is 35.4 Å². The van der Waals surface area contributed by atoms with Crippen LogP contribution < -0.4 is 34.1 Å². The van der Waals surface area contributed by atoms with Crippen LogP contribution in [0.1, 0.15) is 67.9 Å². The summed E-state index contributed by atoms with van der Waals surface area (Å²) in [6.45, 7) is 10.4. The molecule has 1 amide bonds. The molecule has 0 aliphatic carbocycles. The van der Waals surface area contributed by atoms with Gasteiger partial charge in [-0.05, 0) is 106 Å². The van der Waals surface area contributed by atoms with E-state index >= 15 is 13.2 Å². The third-order valence-electron chi connectivity index (χ3n) is 13.8. The number of aryl methyl sites for hydroxylation is 1. The molecule has 0 bridgehead atoms. The normalized spacial score (nSPS) is 18.3. The number of pyridine rings is 2. The molecule has 10 rings (SSSR count). The number of alkyl halides is 3. The first-order valence-corrected chi connectivity index (χ1v) is 24.9. The van der Waals surface area contributed by atoms with Crippen molar-refractivity contribution in [2.24, 2.45) is 0 Å². The molecule has 6 aromatic rings. The first kappa shape index (κ1) is 50.8. The predicted octanol–water partition coefficient (Wildman–Crippen LogP) is 10.4. The zero-order valence-corrected chi connectivity index (χ0v) is 42.9. The molecule has 4 aliphatic rings. The van der Waals surface area contributed by atoms with Crippen molar-refractivity contribution < 1.29 is 51.1 Å². The Labute approximate surface area is 432 Å². The minimum absolute atomic E-state index is 0.00793. The average molecular weight is 1040 g/mol. The number of aromatic nitrogens is 4. The van der Waals surface area contributed by atoms with E-state index < -0.39 is 40.5 Å². The number of anilines is 3. The number of amides is 1. The highest BCUT2D eigenvalue weighted by Crippen LogP contribution is 2.50. The number of hydrogen-bond acceptors (Lipinski definition) is 15. The highest BCUT2D eigenvalue weighted by Gasteiger charge is 2.58. The number of carbonyl (C=O) groups excluding carboxylic acids is 1. The summed E-state index contributed by atoms with van der Waals surface area (Å²) in [6, 6.07) is 21.5. The maximum Gasteiger partial charge on any atom is 0.418 e. The van der Waals surface area contributed by atoms with Gasteiger partial charge in [0, 0.05) is 43.4 Å². The van der Waals surface area contributed by atoms with Crippen molar-refractivity contribution >= 4 is 46.1 Å². The van der Waals surface area contributed by atoms with Gasteiger partial charge in [-0.15, -0.1) is 0 Å². The molecule has 4 aliphatic heterocycles. The van der Waals surface area contributed by atoms with Gasteiger partial charge in [-0.2, -0.15) is 23.1 Å². The molecule has 3 aromatic heterocycles. The number of methoxy groups -OCH3 is 2. The fraction of sp³-hybridized carbons (Fsp3) is 0.426. The van der Waals surface area contributed by atoms with Crippen LogP contribution in [0.3, 0.4) is 0 Å². The van der Waals surface area contributed by atoms with Crippen LogP contribution in [-0.2, 0) is 40.0 Å². The van der Waals surface area contributed by atoms with E-state index in [0.717, 1.165) is 30.5 Å². The molecule has 390 valence electrons. The second-order valence-electron chi connectivity index (χ2n) is 20.1. The number of nitrogens with zero attached hydrogens (tertiary/aromatic N) is 7. The van der Waals surface area contributed by atoms with E-state index in [0.29, 0.717) is 54.4 Å². The summed E-state index contributed by atoms with van der Waals surface area (Å²) in [7, 11) is 3.16. The molecule has 1 spiro atoms. The summed E-state index contributed by atoms with van der Waals surface area (Å²) >= 11 is 7.40. The largest absolute Gasteiger partial charge is 0.497 e. The Morgan fingerprint density at radius 2 is 1.59 bits per heavy atom. The lowest BCUT2D eigenvalue weighted by molar-refractivity contribution is -0.148. The Morgan fingerprint density at radius 1 is 0.905 bits per heavy atom. The zero-order valence-electron chi connectivity index (χ0n) is 42.1. The molecule has 0 saturated carbocycles. The van der Waals surface area contributed by atoms with E-state index in [4.69, 9.17) is 59.7 Å². The van der Waals surface area contributed by atoms with E-state index in [9.17, 15) is 4.79 Å². The van der Waals surface area contributed by atoms with E-state index in [1.807, 2.05) is 64.4 Å². The van der Waals surface area contributed by atoms with Gasteiger partial charge < -0.3 is 43.0 Å². The second-order valence-corrected chi connectivity index (χ2v) is 20.5. The Balaban J connectivity index is 1.10. The molecule has 3 saturated heterocycles. The first-order chi connectivity index (χ1) is 35.4. The van der Waals surface area contributed by atoms with Crippen molar-refractivity contribution in [2.45, 2.75) is 89.7 Å². The van der Waals surface area contributed by atoms with Crippen molar-refractivity contribution in [3.63, 3.8) is 0 Å². The summed E-state index contributed by atoms with van der Waals surface area (Å²) in [4.78, 5) is 38.6. The molecule has 3 aromatic carbocycles. The Kier molecular flexibility index (Phi) is 13.9. The number of rotatable bonds is 14. The smallest absolute Gasteiger partial charge is 0.418 e. The highest BCUT2D eigenvalue weighted by molar-refractivity contribution is 6.36. The van der Waals surface area contributed by atoms with E-state index in [2.05, 4.69) is 15.2 Å². The lowest BCUT2D eigenvalue weighted by Crippen LogP contribution is -2.43. The minimum Gasteiger partial charge on any atom is -0.497 e. The second kappa shape index (κ2) is 20.2. The number of nitrogens with one attached hydrogen (secondary N) is 1. The van der Waals surface area contributed by atoms with E-state index in [1.165, 1.54) is 19.1 Å². The summed E-state index contributed by atoms with van der Waals surface area (Å²) in [5.41, 5.74) is -0.0989. The standard InChI is InChI=1S/C54H58ClF3N8O8/c1-33-25-41(65(27-34-10-14-37(68-5)15-11-34)28-35-12-16-38(69-6)17-13-35)61-45(43(33)54(56,57)58)39-26-40-42-46(44(39)55)70-22-21-64(29-36-9-7-19-59-47(36)62-50(67)74-51(2,3)4)48(42)63-49(60-40)71-32-52-18-8-20-66(52)31-53(30-52)72-23-24-73-53/h7,9-17,19,25-26H,8,18,20-24,27-32H2,1-6H3,(H,59,62,67)/t52-/m0/s1. The number of carbonyl (C=O) groups is 1. The number of fused-ring (bicyclic) bond motifs is 1. The van der Waals surface area contributed by atoms with Gasteiger partial charge in [-0.3, -0.25) is 10.2 Å². The van der Waals surface area contributed by atoms with Crippen molar-refractivity contribution in [2.75, 3.05) is 75.4 Å². The monoisotopic (exact) mass is 1040 g/mol. The van der Waals surface area contributed by atoms with Gasteiger partial charge in [0.05, 0.1) is 73.2 Å². The van der Waals surface area contributed by atoms with E-state index in [1.54, 1.807) is 47.3 Å². The van der Waals surface area contributed by atoms with Crippen LogP contribution in [0.15, 0.2) is 79.0 Å². The van der Waals surface area contributed by atoms with Crippen molar-refractivity contribution in [3.8, 4) is 34.5 Å². The highest BCUT2D eigenvalue weighted by atomic mass is 35.5. The van der Waals surface area contributed by atoms with Crippen LogP contribution in [0.25, 0.3) is 22.2 Å². The summed E-state index contributed by atoms with van der Waals surface area (Å²) < 4.78 is 88.8. The molecular formula is C54H58ClF3N8O8. The van der Waals surface area contributed by atoms with Crippen LogP contribution >= 0.6 is 11.6 Å². The average Bonchev–Trinajstić information content (AvgIpc) is 4.04. The first-order valence-electron chi connectivity index (χ1n) is 24.5.